The first-order chi connectivity index (χ1) is 6.18. The van der Waals surface area contributed by atoms with Crippen LogP contribution >= 0.6 is 31.9 Å². The Morgan fingerprint density at radius 3 is 2.46 bits per heavy atom. The molecule has 0 saturated heterocycles. The predicted octanol–water partition coefficient (Wildman–Crippen LogP) is 4.67. The molecule has 0 aliphatic heterocycles. The van der Waals surface area contributed by atoms with Crippen LogP contribution in [0.5, 0.6) is 0 Å². The fraction of sp³-hybridized carbons (Fsp3) is 0.0909. The van der Waals surface area contributed by atoms with E-state index in [0.29, 0.717) is 0 Å². The summed E-state index contributed by atoms with van der Waals surface area (Å²) in [5.41, 5.74) is 1.29. The first-order valence-electron chi connectivity index (χ1n) is 4.03. The molecule has 2 rings (SSSR count). The van der Waals surface area contributed by atoms with Crippen LogP contribution in [0.25, 0.3) is 10.8 Å². The van der Waals surface area contributed by atoms with Crippen molar-refractivity contribution in [3.8, 4) is 0 Å². The van der Waals surface area contributed by atoms with Gasteiger partial charge in [0.15, 0.2) is 0 Å². The van der Waals surface area contributed by atoms with E-state index in [4.69, 9.17) is 0 Å². The van der Waals surface area contributed by atoms with Crippen molar-refractivity contribution in [2.24, 2.45) is 0 Å². The van der Waals surface area contributed by atoms with Crippen LogP contribution in [0, 0.1) is 6.92 Å². The van der Waals surface area contributed by atoms with Gasteiger partial charge in [-0.3, -0.25) is 0 Å². The van der Waals surface area contributed by atoms with Crippen LogP contribution in [0.15, 0.2) is 39.3 Å². The van der Waals surface area contributed by atoms with Gasteiger partial charge in [-0.15, -0.1) is 0 Å². The summed E-state index contributed by atoms with van der Waals surface area (Å²) in [7, 11) is 0. The third kappa shape index (κ3) is 1.65. The minimum atomic E-state index is 1.13. The highest BCUT2D eigenvalue weighted by Gasteiger charge is 2.00. The predicted molar refractivity (Wildman–Crippen MR) is 64.1 cm³/mol. The minimum Gasteiger partial charge on any atom is -0.0532 e. The van der Waals surface area contributed by atoms with Crippen LogP contribution in [0.1, 0.15) is 5.56 Å². The molecule has 0 aromatic heterocycles. The molecule has 0 spiro atoms. The molecule has 66 valence electrons. The molecule has 0 N–H and O–H groups in total. The number of fused-ring (bicyclic) bond motifs is 1. The highest BCUT2D eigenvalue weighted by Crippen LogP contribution is 2.27. The zero-order valence-electron chi connectivity index (χ0n) is 7.14. The maximum absolute atomic E-state index is 3.53. The quantitative estimate of drug-likeness (QED) is 0.663. The van der Waals surface area contributed by atoms with Crippen LogP contribution in [0.2, 0.25) is 0 Å². The molecular weight excluding hydrogens is 292 g/mol. The molecule has 2 aromatic carbocycles. The van der Waals surface area contributed by atoms with Crippen molar-refractivity contribution >= 4 is 42.6 Å². The van der Waals surface area contributed by atoms with Crippen LogP contribution in [-0.2, 0) is 0 Å². The lowest BCUT2D eigenvalue weighted by Gasteiger charge is -2.04. The zero-order chi connectivity index (χ0) is 9.42. The van der Waals surface area contributed by atoms with Gasteiger partial charge in [0, 0.05) is 8.95 Å². The molecule has 0 bridgehead atoms. The average molecular weight is 300 g/mol. The summed E-state index contributed by atoms with van der Waals surface area (Å²) in [5.74, 6) is 0. The molecule has 13 heavy (non-hydrogen) atoms. The van der Waals surface area contributed by atoms with Crippen molar-refractivity contribution < 1.29 is 0 Å². The Labute approximate surface area is 94.2 Å². The molecule has 2 aromatic rings. The van der Waals surface area contributed by atoms with Gasteiger partial charge < -0.3 is 0 Å². The van der Waals surface area contributed by atoms with E-state index in [2.05, 4.69) is 69.1 Å². The van der Waals surface area contributed by atoms with E-state index in [1.807, 2.05) is 0 Å². The number of benzene rings is 2. The molecule has 0 heterocycles. The van der Waals surface area contributed by atoms with Crippen molar-refractivity contribution in [3.05, 3.63) is 44.8 Å². The van der Waals surface area contributed by atoms with Gasteiger partial charge in [0.1, 0.15) is 0 Å². The molecule has 0 saturated carbocycles. The van der Waals surface area contributed by atoms with E-state index in [1.54, 1.807) is 0 Å². The van der Waals surface area contributed by atoms with Gasteiger partial charge in [0.2, 0.25) is 0 Å². The highest BCUT2D eigenvalue weighted by atomic mass is 79.9. The van der Waals surface area contributed by atoms with E-state index in [9.17, 15) is 0 Å². The van der Waals surface area contributed by atoms with Gasteiger partial charge in [-0.25, -0.2) is 0 Å². The van der Waals surface area contributed by atoms with Gasteiger partial charge in [0.25, 0.3) is 0 Å². The molecular formula is C11H8Br2. The third-order valence-electron chi connectivity index (χ3n) is 2.19. The SMILES string of the molecule is Cc1c(Br)ccc2ccc(Br)cc12. The second-order valence-electron chi connectivity index (χ2n) is 3.04. The van der Waals surface area contributed by atoms with E-state index in [-0.39, 0.29) is 0 Å². The summed E-state index contributed by atoms with van der Waals surface area (Å²) in [5, 5.41) is 2.58. The van der Waals surface area contributed by atoms with Gasteiger partial charge in [-0.05, 0) is 41.5 Å². The summed E-state index contributed by atoms with van der Waals surface area (Å²) in [6.07, 6.45) is 0. The third-order valence-corrected chi connectivity index (χ3v) is 3.54. The summed E-state index contributed by atoms with van der Waals surface area (Å²) >= 11 is 7.00. The van der Waals surface area contributed by atoms with E-state index >= 15 is 0 Å². The van der Waals surface area contributed by atoms with Crippen LogP contribution in [-0.4, -0.2) is 0 Å². The second kappa shape index (κ2) is 3.43. The van der Waals surface area contributed by atoms with Gasteiger partial charge in [0.05, 0.1) is 0 Å². The summed E-state index contributed by atoms with van der Waals surface area (Å²) in [4.78, 5) is 0. The van der Waals surface area contributed by atoms with Crippen molar-refractivity contribution in [1.29, 1.82) is 0 Å². The number of aryl methyl sites for hydroxylation is 1. The smallest absolute Gasteiger partial charge is 0.0210 e. The Hall–Kier alpha value is -0.340. The molecule has 0 atom stereocenters. The van der Waals surface area contributed by atoms with E-state index in [0.717, 1.165) is 8.95 Å². The number of hydrogen-bond acceptors (Lipinski definition) is 0. The molecule has 0 unspecified atom stereocenters. The summed E-state index contributed by atoms with van der Waals surface area (Å²) in [6.45, 7) is 2.12. The Bertz CT molecular complexity index is 456. The lowest BCUT2D eigenvalue weighted by atomic mass is 10.1. The standard InChI is InChI=1S/C11H8Br2/c1-7-10-6-9(12)4-2-8(10)3-5-11(7)13/h2-6H,1H3. The first kappa shape index (κ1) is 9.22. The zero-order valence-corrected chi connectivity index (χ0v) is 10.3. The fourth-order valence-electron chi connectivity index (χ4n) is 1.42. The van der Waals surface area contributed by atoms with E-state index in [1.165, 1.54) is 16.3 Å². The lowest BCUT2D eigenvalue weighted by molar-refractivity contribution is 1.48. The Kier molecular flexibility index (Phi) is 2.43. The van der Waals surface area contributed by atoms with Crippen molar-refractivity contribution in [1.82, 2.24) is 0 Å². The normalized spacial score (nSPS) is 10.7. The van der Waals surface area contributed by atoms with Crippen LogP contribution in [0.3, 0.4) is 0 Å². The summed E-state index contributed by atoms with van der Waals surface area (Å²) in [6, 6.07) is 10.5. The monoisotopic (exact) mass is 298 g/mol. The minimum absolute atomic E-state index is 1.13. The van der Waals surface area contributed by atoms with Crippen LogP contribution in [0.4, 0.5) is 0 Å². The molecule has 0 aliphatic carbocycles. The van der Waals surface area contributed by atoms with Crippen molar-refractivity contribution in [2.75, 3.05) is 0 Å². The highest BCUT2D eigenvalue weighted by molar-refractivity contribution is 9.10. The maximum Gasteiger partial charge on any atom is 0.0210 e. The Balaban J connectivity index is 2.89. The maximum atomic E-state index is 3.53. The average Bonchev–Trinajstić information content (AvgIpc) is 2.12. The number of hydrogen-bond donors (Lipinski definition) is 0. The van der Waals surface area contributed by atoms with Crippen molar-refractivity contribution in [3.63, 3.8) is 0 Å². The molecule has 0 nitrogen and oxygen atoms in total. The second-order valence-corrected chi connectivity index (χ2v) is 4.81. The van der Waals surface area contributed by atoms with Crippen molar-refractivity contribution in [2.45, 2.75) is 6.92 Å². The number of rotatable bonds is 0. The molecule has 0 fully saturated rings. The molecule has 2 heteroatoms. The van der Waals surface area contributed by atoms with E-state index < -0.39 is 0 Å². The summed E-state index contributed by atoms with van der Waals surface area (Å²) < 4.78 is 2.29. The fourth-order valence-corrected chi connectivity index (χ4v) is 2.12. The molecule has 0 aliphatic rings. The van der Waals surface area contributed by atoms with Crippen LogP contribution < -0.4 is 0 Å². The number of halogens is 2. The van der Waals surface area contributed by atoms with Gasteiger partial charge >= 0.3 is 0 Å². The Morgan fingerprint density at radius 1 is 1.00 bits per heavy atom. The molecule has 0 amide bonds. The Morgan fingerprint density at radius 2 is 1.69 bits per heavy atom. The lowest BCUT2D eigenvalue weighted by Crippen LogP contribution is -1.80. The topological polar surface area (TPSA) is 0 Å². The molecule has 0 radical (unpaired) electrons. The first-order valence-corrected chi connectivity index (χ1v) is 5.61. The van der Waals surface area contributed by atoms with Gasteiger partial charge in [-0.1, -0.05) is 44.0 Å². The van der Waals surface area contributed by atoms with Gasteiger partial charge in [-0.2, -0.15) is 0 Å². The largest absolute Gasteiger partial charge is 0.0532 e.